The number of hydrogen-bond donors (Lipinski definition) is 0. The third kappa shape index (κ3) is 3.75. The van der Waals surface area contributed by atoms with E-state index in [-0.39, 0.29) is 11.9 Å². The standard InChI is InChI=1S/C18H23N3O3/c1-12(2)21(14-6-7-14)17(22)11-10-16-19-18(20-24-16)13-4-8-15(23-3)9-5-13/h4-5,8-9,12,14H,6-7,10-11H2,1-3H3. The van der Waals surface area contributed by atoms with Gasteiger partial charge < -0.3 is 14.2 Å². The highest BCUT2D eigenvalue weighted by atomic mass is 16.5. The summed E-state index contributed by atoms with van der Waals surface area (Å²) in [6, 6.07) is 8.13. The SMILES string of the molecule is COc1ccc(-c2noc(CCC(=O)N(C(C)C)C3CC3)n2)cc1. The molecule has 0 spiro atoms. The van der Waals surface area contributed by atoms with Gasteiger partial charge in [-0.2, -0.15) is 4.98 Å². The van der Waals surface area contributed by atoms with Crippen molar-refractivity contribution in [3.05, 3.63) is 30.2 Å². The minimum Gasteiger partial charge on any atom is -0.497 e. The first kappa shape index (κ1) is 16.5. The molecule has 2 aromatic rings. The quantitative estimate of drug-likeness (QED) is 0.781. The molecule has 0 aliphatic heterocycles. The maximum atomic E-state index is 12.4. The monoisotopic (exact) mass is 329 g/mol. The topological polar surface area (TPSA) is 68.5 Å². The van der Waals surface area contributed by atoms with Gasteiger partial charge in [0.25, 0.3) is 0 Å². The maximum absolute atomic E-state index is 12.4. The third-order valence-corrected chi connectivity index (χ3v) is 4.15. The van der Waals surface area contributed by atoms with Gasteiger partial charge in [-0.1, -0.05) is 5.16 Å². The van der Waals surface area contributed by atoms with Crippen molar-refractivity contribution in [2.24, 2.45) is 0 Å². The Labute approximate surface area is 141 Å². The Kier molecular flexibility index (Phi) is 4.83. The molecule has 1 aliphatic carbocycles. The van der Waals surface area contributed by atoms with Crippen molar-refractivity contribution < 1.29 is 14.1 Å². The molecule has 128 valence electrons. The van der Waals surface area contributed by atoms with Crippen LogP contribution < -0.4 is 4.74 Å². The second-order valence-corrected chi connectivity index (χ2v) is 6.37. The minimum atomic E-state index is 0.164. The van der Waals surface area contributed by atoms with E-state index in [1.807, 2.05) is 29.2 Å². The molecule has 6 nitrogen and oxygen atoms in total. The van der Waals surface area contributed by atoms with E-state index in [2.05, 4.69) is 24.0 Å². The predicted molar refractivity (Wildman–Crippen MR) is 89.6 cm³/mol. The molecule has 0 saturated heterocycles. The van der Waals surface area contributed by atoms with Crippen molar-refractivity contribution in [2.75, 3.05) is 7.11 Å². The van der Waals surface area contributed by atoms with E-state index in [0.717, 1.165) is 24.2 Å². The smallest absolute Gasteiger partial charge is 0.227 e. The molecule has 1 aromatic carbocycles. The number of ether oxygens (including phenoxy) is 1. The van der Waals surface area contributed by atoms with Gasteiger partial charge in [0.1, 0.15) is 5.75 Å². The lowest BCUT2D eigenvalue weighted by molar-refractivity contribution is -0.133. The van der Waals surface area contributed by atoms with E-state index in [1.165, 1.54) is 0 Å². The summed E-state index contributed by atoms with van der Waals surface area (Å²) < 4.78 is 10.4. The van der Waals surface area contributed by atoms with E-state index in [9.17, 15) is 4.79 Å². The molecule has 1 aliphatic rings. The first-order valence-electron chi connectivity index (χ1n) is 8.36. The summed E-state index contributed by atoms with van der Waals surface area (Å²) in [5.41, 5.74) is 0.860. The molecule has 1 amide bonds. The number of nitrogens with zero attached hydrogens (tertiary/aromatic N) is 3. The zero-order chi connectivity index (χ0) is 17.1. The van der Waals surface area contributed by atoms with Crippen molar-refractivity contribution in [2.45, 2.75) is 51.6 Å². The number of benzene rings is 1. The Hall–Kier alpha value is -2.37. The largest absolute Gasteiger partial charge is 0.497 e. The molecule has 24 heavy (non-hydrogen) atoms. The molecule has 0 radical (unpaired) electrons. The average molecular weight is 329 g/mol. The molecular formula is C18H23N3O3. The van der Waals surface area contributed by atoms with Crippen LogP contribution in [0.2, 0.25) is 0 Å². The highest BCUT2D eigenvalue weighted by Crippen LogP contribution is 2.29. The molecule has 0 atom stereocenters. The van der Waals surface area contributed by atoms with Crippen LogP contribution in [0.25, 0.3) is 11.4 Å². The maximum Gasteiger partial charge on any atom is 0.227 e. The van der Waals surface area contributed by atoms with Gasteiger partial charge in [-0.15, -0.1) is 0 Å². The van der Waals surface area contributed by atoms with E-state index < -0.39 is 0 Å². The molecular weight excluding hydrogens is 306 g/mol. The van der Waals surface area contributed by atoms with Gasteiger partial charge in [0.2, 0.25) is 17.6 Å². The molecule has 1 fully saturated rings. The van der Waals surface area contributed by atoms with Gasteiger partial charge in [-0.25, -0.2) is 0 Å². The van der Waals surface area contributed by atoms with E-state index >= 15 is 0 Å². The van der Waals surface area contributed by atoms with Gasteiger partial charge in [0.05, 0.1) is 7.11 Å². The number of methoxy groups -OCH3 is 1. The molecule has 1 aromatic heterocycles. The molecule has 1 heterocycles. The van der Waals surface area contributed by atoms with Crippen LogP contribution in [0.1, 0.15) is 39.0 Å². The Balaban J connectivity index is 1.60. The fourth-order valence-corrected chi connectivity index (χ4v) is 2.82. The molecule has 3 rings (SSSR count). The van der Waals surface area contributed by atoms with Crippen LogP contribution >= 0.6 is 0 Å². The van der Waals surface area contributed by atoms with Crippen LogP contribution in [-0.4, -0.2) is 40.1 Å². The van der Waals surface area contributed by atoms with Gasteiger partial charge in [0, 0.05) is 30.5 Å². The van der Waals surface area contributed by atoms with Crippen LogP contribution in [-0.2, 0) is 11.2 Å². The van der Waals surface area contributed by atoms with E-state index in [4.69, 9.17) is 9.26 Å². The minimum absolute atomic E-state index is 0.164. The highest BCUT2D eigenvalue weighted by Gasteiger charge is 2.33. The summed E-state index contributed by atoms with van der Waals surface area (Å²) in [7, 11) is 1.63. The normalized spacial score (nSPS) is 14.0. The lowest BCUT2D eigenvalue weighted by atomic mass is 10.2. The fourth-order valence-electron chi connectivity index (χ4n) is 2.82. The summed E-state index contributed by atoms with van der Waals surface area (Å²) in [6.45, 7) is 4.12. The first-order valence-corrected chi connectivity index (χ1v) is 8.36. The van der Waals surface area contributed by atoms with Crippen LogP contribution in [0, 0.1) is 0 Å². The number of hydrogen-bond acceptors (Lipinski definition) is 5. The van der Waals surface area contributed by atoms with Crippen LogP contribution in [0.4, 0.5) is 0 Å². The Morgan fingerprint density at radius 1 is 1.33 bits per heavy atom. The van der Waals surface area contributed by atoms with Crippen molar-refractivity contribution in [1.29, 1.82) is 0 Å². The second kappa shape index (κ2) is 7.03. The van der Waals surface area contributed by atoms with E-state index in [1.54, 1.807) is 7.11 Å². The number of carbonyl (C=O) groups is 1. The zero-order valence-corrected chi connectivity index (χ0v) is 14.4. The number of carbonyl (C=O) groups excluding carboxylic acids is 1. The zero-order valence-electron chi connectivity index (χ0n) is 14.4. The van der Waals surface area contributed by atoms with Crippen molar-refractivity contribution >= 4 is 5.91 Å². The second-order valence-electron chi connectivity index (χ2n) is 6.37. The first-order chi connectivity index (χ1) is 11.6. The summed E-state index contributed by atoms with van der Waals surface area (Å²) >= 11 is 0. The van der Waals surface area contributed by atoms with Crippen molar-refractivity contribution in [1.82, 2.24) is 15.0 Å². The number of amides is 1. The molecule has 1 saturated carbocycles. The fraction of sp³-hybridized carbons (Fsp3) is 0.500. The molecule has 0 unspecified atom stereocenters. The molecule has 0 bridgehead atoms. The van der Waals surface area contributed by atoms with Gasteiger partial charge in [-0.3, -0.25) is 4.79 Å². The predicted octanol–water partition coefficient (Wildman–Crippen LogP) is 3.08. The summed E-state index contributed by atoms with van der Waals surface area (Å²) in [6.07, 6.45) is 3.11. The Bertz CT molecular complexity index is 688. The lowest BCUT2D eigenvalue weighted by Crippen LogP contribution is -2.38. The van der Waals surface area contributed by atoms with Crippen LogP contribution in [0.5, 0.6) is 5.75 Å². The highest BCUT2D eigenvalue weighted by molar-refractivity contribution is 5.77. The number of aromatic nitrogens is 2. The molecule has 6 heteroatoms. The number of rotatable bonds is 7. The summed E-state index contributed by atoms with van der Waals surface area (Å²) in [5, 5.41) is 4.00. The van der Waals surface area contributed by atoms with E-state index in [0.29, 0.717) is 30.6 Å². The van der Waals surface area contributed by atoms with Gasteiger partial charge >= 0.3 is 0 Å². The van der Waals surface area contributed by atoms with Crippen molar-refractivity contribution in [3.63, 3.8) is 0 Å². The Morgan fingerprint density at radius 2 is 2.04 bits per heavy atom. The lowest BCUT2D eigenvalue weighted by Gasteiger charge is -2.26. The van der Waals surface area contributed by atoms with Crippen LogP contribution in [0.3, 0.4) is 0 Å². The van der Waals surface area contributed by atoms with Gasteiger partial charge in [-0.05, 0) is 51.0 Å². The third-order valence-electron chi connectivity index (χ3n) is 4.15. The number of aryl methyl sites for hydroxylation is 1. The average Bonchev–Trinajstić information content (AvgIpc) is 3.29. The van der Waals surface area contributed by atoms with Crippen LogP contribution in [0.15, 0.2) is 28.8 Å². The summed E-state index contributed by atoms with van der Waals surface area (Å²) in [4.78, 5) is 18.8. The summed E-state index contributed by atoms with van der Waals surface area (Å²) in [5.74, 6) is 1.97. The van der Waals surface area contributed by atoms with Crippen molar-refractivity contribution in [3.8, 4) is 17.1 Å². The van der Waals surface area contributed by atoms with Gasteiger partial charge in [0.15, 0.2) is 0 Å². The molecule has 0 N–H and O–H groups in total. The Morgan fingerprint density at radius 3 is 2.62 bits per heavy atom.